The van der Waals surface area contributed by atoms with E-state index in [2.05, 4.69) is 35.8 Å². The van der Waals surface area contributed by atoms with Crippen LogP contribution < -0.4 is 0 Å². The van der Waals surface area contributed by atoms with E-state index in [4.69, 9.17) is 4.74 Å². The van der Waals surface area contributed by atoms with Gasteiger partial charge in [0.1, 0.15) is 0 Å². The number of benzene rings is 2. The van der Waals surface area contributed by atoms with Crippen LogP contribution in [0.25, 0.3) is 0 Å². The number of aliphatic hydroxyl groups excluding tert-OH is 1. The summed E-state index contributed by atoms with van der Waals surface area (Å²) in [7, 11) is 0. The van der Waals surface area contributed by atoms with Crippen molar-refractivity contribution in [2.24, 2.45) is 0 Å². The van der Waals surface area contributed by atoms with Crippen molar-refractivity contribution in [1.29, 1.82) is 0 Å². The van der Waals surface area contributed by atoms with Crippen molar-refractivity contribution in [2.45, 2.75) is 13.0 Å². The molecule has 0 radical (unpaired) electrons. The Kier molecular flexibility index (Phi) is 3.73. The van der Waals surface area contributed by atoms with Gasteiger partial charge in [-0.25, -0.2) is 0 Å². The zero-order chi connectivity index (χ0) is 14.7. The van der Waals surface area contributed by atoms with Crippen LogP contribution in [0.3, 0.4) is 0 Å². The molecule has 0 aromatic heterocycles. The number of aliphatic hydroxyl groups is 1. The minimum Gasteiger partial charge on any atom is -0.477 e. The van der Waals surface area contributed by atoms with Crippen molar-refractivity contribution in [1.82, 2.24) is 0 Å². The number of nitrogens with zero attached hydrogens (tertiary/aromatic N) is 1. The number of ether oxygens (including phenoxy) is 1. The van der Waals surface area contributed by atoms with Crippen LogP contribution >= 0.6 is 0 Å². The van der Waals surface area contributed by atoms with Crippen molar-refractivity contribution in [3.8, 4) is 0 Å². The second-order valence-electron chi connectivity index (χ2n) is 5.06. The molecule has 1 N–H and O–H groups in total. The van der Waals surface area contributed by atoms with Gasteiger partial charge in [0.2, 0.25) is 6.04 Å². The molecular formula is C18H18NO2+. The zero-order valence-electron chi connectivity index (χ0n) is 11.9. The predicted molar refractivity (Wildman–Crippen MR) is 82.3 cm³/mol. The van der Waals surface area contributed by atoms with Gasteiger partial charge in [-0.3, -0.25) is 0 Å². The van der Waals surface area contributed by atoms with Gasteiger partial charge in [0, 0.05) is 18.1 Å². The normalized spacial score (nSPS) is 20.4. The Morgan fingerprint density at radius 2 is 1.67 bits per heavy atom. The molecule has 0 fully saturated rings. The summed E-state index contributed by atoms with van der Waals surface area (Å²) in [5.74, 6) is -0.0440. The third kappa shape index (κ3) is 2.82. The second-order valence-corrected chi connectivity index (χ2v) is 5.06. The molecule has 0 aliphatic carbocycles. The molecule has 106 valence electrons. The molecule has 2 aromatic carbocycles. The van der Waals surface area contributed by atoms with Crippen molar-refractivity contribution >= 4 is 5.71 Å². The summed E-state index contributed by atoms with van der Waals surface area (Å²) in [6.45, 7) is 2.48. The van der Waals surface area contributed by atoms with Gasteiger partial charge in [-0.15, -0.1) is 0 Å². The van der Waals surface area contributed by atoms with Crippen LogP contribution in [0, 0.1) is 0 Å². The number of hydrogen-bond donors (Lipinski definition) is 1. The van der Waals surface area contributed by atoms with Crippen LogP contribution in [-0.2, 0) is 4.74 Å². The Morgan fingerprint density at radius 1 is 1.05 bits per heavy atom. The summed E-state index contributed by atoms with van der Waals surface area (Å²) in [5, 5.41) is 9.72. The van der Waals surface area contributed by atoms with Crippen LogP contribution in [0.4, 0.5) is 0 Å². The van der Waals surface area contributed by atoms with Gasteiger partial charge in [0.15, 0.2) is 12.3 Å². The smallest absolute Gasteiger partial charge is 0.344 e. The molecule has 0 saturated carbocycles. The van der Waals surface area contributed by atoms with E-state index in [0.717, 1.165) is 16.8 Å². The van der Waals surface area contributed by atoms with Gasteiger partial charge in [-0.1, -0.05) is 48.5 Å². The maximum absolute atomic E-state index is 9.72. The topological polar surface area (TPSA) is 32.5 Å². The van der Waals surface area contributed by atoms with E-state index in [9.17, 15) is 5.11 Å². The lowest BCUT2D eigenvalue weighted by atomic mass is 10.0. The molecule has 0 bridgehead atoms. The summed E-state index contributed by atoms with van der Waals surface area (Å²) in [6.07, 6.45) is 1.66. The largest absolute Gasteiger partial charge is 0.477 e. The molecule has 1 aliphatic rings. The first-order valence-electron chi connectivity index (χ1n) is 7.01. The molecule has 3 heteroatoms. The summed E-state index contributed by atoms with van der Waals surface area (Å²) >= 11 is 0. The molecule has 3 rings (SSSR count). The van der Waals surface area contributed by atoms with Crippen molar-refractivity contribution in [3.05, 3.63) is 83.9 Å². The highest BCUT2D eigenvalue weighted by Crippen LogP contribution is 2.24. The summed E-state index contributed by atoms with van der Waals surface area (Å²) < 4.78 is 7.40. The summed E-state index contributed by atoms with van der Waals surface area (Å²) in [4.78, 5) is 0. The van der Waals surface area contributed by atoms with E-state index in [1.165, 1.54) is 0 Å². The average molecular weight is 280 g/mol. The van der Waals surface area contributed by atoms with Crippen LogP contribution in [0.5, 0.6) is 0 Å². The van der Waals surface area contributed by atoms with Crippen molar-refractivity contribution in [3.63, 3.8) is 0 Å². The number of rotatable bonds is 2. The van der Waals surface area contributed by atoms with E-state index in [-0.39, 0.29) is 12.0 Å². The van der Waals surface area contributed by atoms with Gasteiger partial charge in [-0.05, 0) is 12.1 Å². The third-order valence-electron chi connectivity index (χ3n) is 3.74. The lowest BCUT2D eigenvalue weighted by Gasteiger charge is -2.20. The Labute approximate surface area is 124 Å². The van der Waals surface area contributed by atoms with E-state index < -0.39 is 0 Å². The fourth-order valence-corrected chi connectivity index (χ4v) is 2.58. The van der Waals surface area contributed by atoms with E-state index >= 15 is 0 Å². The molecule has 3 nitrogen and oxygen atoms in total. The monoisotopic (exact) mass is 280 g/mol. The fraction of sp³-hybridized carbons (Fsp3) is 0.167. The minimum atomic E-state index is -0.0440. The van der Waals surface area contributed by atoms with E-state index in [0.29, 0.717) is 6.61 Å². The van der Waals surface area contributed by atoms with Gasteiger partial charge < -0.3 is 9.84 Å². The summed E-state index contributed by atoms with van der Waals surface area (Å²) in [5.41, 5.74) is 3.38. The van der Waals surface area contributed by atoms with Crippen LogP contribution in [-0.4, -0.2) is 22.0 Å². The first kappa shape index (κ1) is 13.4. The van der Waals surface area contributed by atoms with Crippen LogP contribution in [0.15, 0.2) is 72.8 Å². The third-order valence-corrected chi connectivity index (χ3v) is 3.74. The fourth-order valence-electron chi connectivity index (χ4n) is 2.58. The average Bonchev–Trinajstić information content (AvgIpc) is 2.56. The SMILES string of the molecule is CC(c1ccccc1)=[N+]1C=C(O)OC[C@@H]1c1ccccc1. The Bertz CT molecular complexity index is 675. The summed E-state index contributed by atoms with van der Waals surface area (Å²) in [6, 6.07) is 20.4. The molecule has 1 heterocycles. The van der Waals surface area contributed by atoms with Crippen molar-refractivity contribution < 1.29 is 14.4 Å². The standard InChI is InChI=1S/C18H17NO2/c1-14(15-8-4-2-5-9-15)19-12-18(20)21-13-17(19)16-10-6-3-7-11-16/h2-12,17H,13H2,1H3/p+1/t17-/m1/s1. The van der Waals surface area contributed by atoms with Gasteiger partial charge in [0.25, 0.3) is 6.20 Å². The molecule has 1 atom stereocenters. The van der Waals surface area contributed by atoms with Crippen molar-refractivity contribution in [2.75, 3.05) is 6.61 Å². The second kappa shape index (κ2) is 5.83. The van der Waals surface area contributed by atoms with Gasteiger partial charge >= 0.3 is 5.95 Å². The Balaban J connectivity index is 2.09. The molecule has 0 amide bonds. The molecular weight excluding hydrogens is 262 g/mol. The first-order chi connectivity index (χ1) is 10.3. The first-order valence-corrected chi connectivity index (χ1v) is 7.01. The molecule has 2 aromatic rings. The zero-order valence-corrected chi connectivity index (χ0v) is 11.9. The quantitative estimate of drug-likeness (QED) is 0.852. The highest BCUT2D eigenvalue weighted by Gasteiger charge is 2.31. The highest BCUT2D eigenvalue weighted by atomic mass is 16.6. The lowest BCUT2D eigenvalue weighted by molar-refractivity contribution is -0.525. The molecule has 1 aliphatic heterocycles. The van der Waals surface area contributed by atoms with Gasteiger partial charge in [-0.2, -0.15) is 4.58 Å². The van der Waals surface area contributed by atoms with Gasteiger partial charge in [0.05, 0.1) is 0 Å². The Hall–Kier alpha value is -2.55. The van der Waals surface area contributed by atoms with Crippen LogP contribution in [0.2, 0.25) is 0 Å². The molecule has 0 spiro atoms. The molecule has 0 saturated heterocycles. The van der Waals surface area contributed by atoms with Crippen LogP contribution in [0.1, 0.15) is 24.1 Å². The lowest BCUT2D eigenvalue weighted by Crippen LogP contribution is -2.28. The highest BCUT2D eigenvalue weighted by molar-refractivity contribution is 5.95. The molecule has 0 unspecified atom stereocenters. The molecule has 21 heavy (non-hydrogen) atoms. The van der Waals surface area contributed by atoms with E-state index in [1.807, 2.05) is 36.4 Å². The maximum Gasteiger partial charge on any atom is 0.344 e. The van der Waals surface area contributed by atoms with E-state index in [1.54, 1.807) is 6.20 Å². The maximum atomic E-state index is 9.72. The number of hydrogen-bond acceptors (Lipinski definition) is 2. The predicted octanol–water partition coefficient (Wildman–Crippen LogP) is 3.64. The minimum absolute atomic E-state index is 0.0440. The Morgan fingerprint density at radius 3 is 2.33 bits per heavy atom.